The van der Waals surface area contributed by atoms with Crippen LogP contribution in [0.1, 0.15) is 6.42 Å². The molecule has 1 atom stereocenters. The Labute approximate surface area is 59.3 Å². The summed E-state index contributed by atoms with van der Waals surface area (Å²) in [6.07, 6.45) is 4.54. The molecule has 0 saturated carbocycles. The molecule has 4 heteroatoms. The Hall–Kier alpha value is -0.450. The standard InChI is InChI=1S/C5H9N3S/c6-8-4-1-2-7-5(9)3-4/h1-2,4,8H,3,6H2,(H,7,9). The van der Waals surface area contributed by atoms with E-state index in [2.05, 4.69) is 10.7 Å². The van der Waals surface area contributed by atoms with Crippen molar-refractivity contribution in [3.63, 3.8) is 0 Å². The second-order valence-corrected chi connectivity index (χ2v) is 2.40. The minimum atomic E-state index is 0.207. The zero-order chi connectivity index (χ0) is 6.69. The van der Waals surface area contributed by atoms with Crippen LogP contribution in [0.15, 0.2) is 12.3 Å². The molecule has 50 valence electrons. The minimum Gasteiger partial charge on any atom is -0.356 e. The van der Waals surface area contributed by atoms with Crippen molar-refractivity contribution in [2.24, 2.45) is 5.84 Å². The molecule has 0 aromatic heterocycles. The molecule has 0 aliphatic carbocycles. The molecular formula is C5H9N3S. The second-order valence-electron chi connectivity index (χ2n) is 1.90. The van der Waals surface area contributed by atoms with Gasteiger partial charge < -0.3 is 5.32 Å². The van der Waals surface area contributed by atoms with Crippen LogP contribution in [0.25, 0.3) is 0 Å². The van der Waals surface area contributed by atoms with Crippen LogP contribution in [0.2, 0.25) is 0 Å². The topological polar surface area (TPSA) is 50.1 Å². The van der Waals surface area contributed by atoms with Crippen molar-refractivity contribution in [1.29, 1.82) is 0 Å². The average molecular weight is 143 g/mol. The van der Waals surface area contributed by atoms with E-state index in [9.17, 15) is 0 Å². The van der Waals surface area contributed by atoms with E-state index in [1.807, 2.05) is 6.08 Å². The number of thiocarbonyl (C=S) groups is 1. The second kappa shape index (κ2) is 2.91. The molecule has 0 fully saturated rings. The summed E-state index contributed by atoms with van der Waals surface area (Å²) in [5.41, 5.74) is 2.62. The summed E-state index contributed by atoms with van der Waals surface area (Å²) in [5.74, 6) is 5.18. The van der Waals surface area contributed by atoms with Crippen molar-refractivity contribution in [1.82, 2.24) is 10.7 Å². The number of nitrogens with one attached hydrogen (secondary N) is 2. The largest absolute Gasteiger partial charge is 0.356 e. The molecular weight excluding hydrogens is 134 g/mol. The van der Waals surface area contributed by atoms with Crippen LogP contribution in [0.3, 0.4) is 0 Å². The monoisotopic (exact) mass is 143 g/mol. The highest BCUT2D eigenvalue weighted by Gasteiger charge is 2.08. The smallest absolute Gasteiger partial charge is 0.0812 e. The van der Waals surface area contributed by atoms with E-state index in [-0.39, 0.29) is 6.04 Å². The molecule has 1 rings (SSSR count). The summed E-state index contributed by atoms with van der Waals surface area (Å²) >= 11 is 4.89. The molecule has 3 nitrogen and oxygen atoms in total. The van der Waals surface area contributed by atoms with E-state index in [1.165, 1.54) is 0 Å². The number of hydrogen-bond acceptors (Lipinski definition) is 3. The lowest BCUT2D eigenvalue weighted by Gasteiger charge is -2.16. The molecule has 1 unspecified atom stereocenters. The van der Waals surface area contributed by atoms with Gasteiger partial charge in [0.15, 0.2) is 0 Å². The Kier molecular flexibility index (Phi) is 2.16. The molecule has 1 aliphatic rings. The maximum Gasteiger partial charge on any atom is 0.0812 e. The fourth-order valence-corrected chi connectivity index (χ4v) is 0.946. The van der Waals surface area contributed by atoms with Gasteiger partial charge in [0.25, 0.3) is 0 Å². The van der Waals surface area contributed by atoms with Crippen molar-refractivity contribution >= 4 is 17.2 Å². The predicted octanol–water partition coefficient (Wildman–Crippen LogP) is -0.347. The first-order valence-electron chi connectivity index (χ1n) is 2.75. The van der Waals surface area contributed by atoms with Crippen LogP contribution in [0.4, 0.5) is 0 Å². The summed E-state index contributed by atoms with van der Waals surface area (Å²) in [5, 5.41) is 2.90. The van der Waals surface area contributed by atoms with Gasteiger partial charge in [0.1, 0.15) is 0 Å². The van der Waals surface area contributed by atoms with Gasteiger partial charge in [-0.05, 0) is 12.3 Å². The predicted molar refractivity (Wildman–Crippen MR) is 40.6 cm³/mol. The first-order valence-corrected chi connectivity index (χ1v) is 3.16. The number of hydrogen-bond donors (Lipinski definition) is 3. The molecule has 9 heavy (non-hydrogen) atoms. The van der Waals surface area contributed by atoms with E-state index in [4.69, 9.17) is 18.1 Å². The van der Waals surface area contributed by atoms with Gasteiger partial charge in [-0.25, -0.2) is 0 Å². The summed E-state index contributed by atoms with van der Waals surface area (Å²) in [4.78, 5) is 0.834. The Bertz CT molecular complexity index is 143. The van der Waals surface area contributed by atoms with Crippen LogP contribution >= 0.6 is 12.2 Å². The van der Waals surface area contributed by atoms with Gasteiger partial charge in [0.05, 0.1) is 4.99 Å². The van der Waals surface area contributed by atoms with Crippen LogP contribution in [-0.4, -0.2) is 11.0 Å². The van der Waals surface area contributed by atoms with Crippen LogP contribution < -0.4 is 16.6 Å². The van der Waals surface area contributed by atoms with E-state index in [0.717, 1.165) is 11.4 Å². The lowest BCUT2D eigenvalue weighted by atomic mass is 10.2. The van der Waals surface area contributed by atoms with Crippen LogP contribution in [0.5, 0.6) is 0 Å². The van der Waals surface area contributed by atoms with E-state index < -0.39 is 0 Å². The normalized spacial score (nSPS) is 25.9. The van der Waals surface area contributed by atoms with Crippen molar-refractivity contribution in [2.75, 3.05) is 0 Å². The van der Waals surface area contributed by atoms with Crippen molar-refractivity contribution < 1.29 is 0 Å². The van der Waals surface area contributed by atoms with Crippen molar-refractivity contribution in [2.45, 2.75) is 12.5 Å². The molecule has 0 spiro atoms. The molecule has 1 heterocycles. The SMILES string of the molecule is NNC1C=CNC(=S)C1. The van der Waals surface area contributed by atoms with Gasteiger partial charge in [0, 0.05) is 12.5 Å². The molecule has 0 aromatic rings. The van der Waals surface area contributed by atoms with Crippen molar-refractivity contribution in [3.05, 3.63) is 12.3 Å². The third-order valence-electron chi connectivity index (χ3n) is 1.19. The summed E-state index contributed by atoms with van der Waals surface area (Å²) in [6, 6.07) is 0.207. The summed E-state index contributed by atoms with van der Waals surface area (Å²) in [6.45, 7) is 0. The van der Waals surface area contributed by atoms with E-state index in [0.29, 0.717) is 0 Å². The van der Waals surface area contributed by atoms with Crippen LogP contribution in [-0.2, 0) is 0 Å². The molecule has 4 N–H and O–H groups in total. The van der Waals surface area contributed by atoms with Gasteiger partial charge >= 0.3 is 0 Å². The summed E-state index contributed by atoms with van der Waals surface area (Å²) < 4.78 is 0. The van der Waals surface area contributed by atoms with E-state index >= 15 is 0 Å². The molecule has 0 radical (unpaired) electrons. The first-order chi connectivity index (χ1) is 4.33. The highest BCUT2D eigenvalue weighted by atomic mass is 32.1. The van der Waals surface area contributed by atoms with E-state index in [1.54, 1.807) is 6.20 Å². The van der Waals surface area contributed by atoms with Gasteiger partial charge in [-0.1, -0.05) is 12.2 Å². The lowest BCUT2D eigenvalue weighted by Crippen LogP contribution is -2.39. The quantitative estimate of drug-likeness (QED) is 0.267. The molecule has 0 amide bonds. The molecule has 0 aromatic carbocycles. The first kappa shape index (κ1) is 6.67. The fourth-order valence-electron chi connectivity index (χ4n) is 0.698. The maximum atomic E-state index is 5.18. The number of nitrogens with two attached hydrogens (primary N) is 1. The summed E-state index contributed by atoms with van der Waals surface area (Å²) in [7, 11) is 0. The Morgan fingerprint density at radius 2 is 2.67 bits per heavy atom. The maximum absolute atomic E-state index is 5.18. The zero-order valence-electron chi connectivity index (χ0n) is 4.92. The minimum absolute atomic E-state index is 0.207. The molecule has 0 saturated heterocycles. The van der Waals surface area contributed by atoms with Crippen molar-refractivity contribution in [3.8, 4) is 0 Å². The van der Waals surface area contributed by atoms with Crippen LogP contribution in [0, 0.1) is 0 Å². The third-order valence-corrected chi connectivity index (χ3v) is 1.48. The highest BCUT2D eigenvalue weighted by molar-refractivity contribution is 7.80. The lowest BCUT2D eigenvalue weighted by molar-refractivity contribution is 0.627. The van der Waals surface area contributed by atoms with Gasteiger partial charge in [-0.15, -0.1) is 0 Å². The Morgan fingerprint density at radius 1 is 1.89 bits per heavy atom. The molecule has 1 aliphatic heterocycles. The van der Waals surface area contributed by atoms with Gasteiger partial charge in [-0.2, -0.15) is 0 Å². The Balaban J connectivity index is 2.49. The third kappa shape index (κ3) is 1.74. The molecule has 0 bridgehead atoms. The Morgan fingerprint density at radius 3 is 3.11 bits per heavy atom. The average Bonchev–Trinajstić information content (AvgIpc) is 1.88. The number of rotatable bonds is 1. The van der Waals surface area contributed by atoms with Gasteiger partial charge in [0.2, 0.25) is 0 Å². The zero-order valence-corrected chi connectivity index (χ0v) is 5.74. The van der Waals surface area contributed by atoms with Gasteiger partial charge in [-0.3, -0.25) is 11.3 Å². The highest BCUT2D eigenvalue weighted by Crippen LogP contribution is 1.98. The fraction of sp³-hybridized carbons (Fsp3) is 0.400. The number of hydrazine groups is 1.